The highest BCUT2D eigenvalue weighted by Gasteiger charge is 1.89. The molecule has 0 unspecified atom stereocenters. The summed E-state index contributed by atoms with van der Waals surface area (Å²) in [5, 5.41) is 0. The maximum atomic E-state index is 5.50. The number of rotatable bonds is 8. The summed E-state index contributed by atoms with van der Waals surface area (Å²) in [5.74, 6) is 1.05. The Hall–Kier alpha value is 0.744. The Bertz CT molecular complexity index is 65.5. The van der Waals surface area contributed by atoms with Gasteiger partial charge in [-0.1, -0.05) is 25.8 Å². The van der Waals surface area contributed by atoms with Crippen molar-refractivity contribution >= 4 is 32.2 Å². The van der Waals surface area contributed by atoms with Gasteiger partial charge in [-0.2, -0.15) is 12.6 Å². The molecule has 0 spiro atoms. The van der Waals surface area contributed by atoms with Crippen LogP contribution in [-0.4, -0.2) is 25.3 Å². The first-order valence-corrected chi connectivity index (χ1v) is 8.80. The number of hydrogen-bond acceptors (Lipinski definition) is 2. The van der Waals surface area contributed by atoms with Crippen molar-refractivity contribution in [3.63, 3.8) is 0 Å². The van der Waals surface area contributed by atoms with Crippen molar-refractivity contribution in [1.29, 1.82) is 0 Å². The summed E-state index contributed by atoms with van der Waals surface area (Å²) < 4.78 is 5.50. The Labute approximate surface area is 80.6 Å². The van der Waals surface area contributed by atoms with E-state index in [9.17, 15) is 0 Å². The molecule has 0 saturated heterocycles. The van der Waals surface area contributed by atoms with Crippen LogP contribution in [0.2, 0.25) is 12.6 Å². The third-order valence-electron chi connectivity index (χ3n) is 1.65. The molecular formula is C7H20OSSi2. The molecular weight excluding hydrogens is 188 g/mol. The molecule has 0 aromatic rings. The van der Waals surface area contributed by atoms with Crippen molar-refractivity contribution in [3.05, 3.63) is 0 Å². The Balaban J connectivity index is 2.69. The average molecular weight is 208 g/mol. The molecule has 1 nitrogen and oxygen atoms in total. The standard InChI is InChI=1S/C7H20OSSi2/c1-10-8-11-7-5-3-2-4-6-9/h9H,2-7,10-11H2,1H3. The van der Waals surface area contributed by atoms with Crippen LogP contribution in [0.5, 0.6) is 0 Å². The van der Waals surface area contributed by atoms with Crippen LogP contribution in [-0.2, 0) is 4.12 Å². The van der Waals surface area contributed by atoms with Crippen LogP contribution < -0.4 is 0 Å². The van der Waals surface area contributed by atoms with E-state index in [2.05, 4.69) is 19.2 Å². The number of hydrogen-bond donors (Lipinski definition) is 1. The Kier molecular flexibility index (Phi) is 11.5. The lowest BCUT2D eigenvalue weighted by Gasteiger charge is -1.99. The van der Waals surface area contributed by atoms with Crippen LogP contribution in [0.1, 0.15) is 25.7 Å². The lowest BCUT2D eigenvalue weighted by Crippen LogP contribution is -1.99. The van der Waals surface area contributed by atoms with Gasteiger partial charge in [-0.05, 0) is 18.2 Å². The van der Waals surface area contributed by atoms with Crippen molar-refractivity contribution in [2.24, 2.45) is 0 Å². The molecule has 0 bridgehead atoms. The van der Waals surface area contributed by atoms with E-state index >= 15 is 0 Å². The van der Waals surface area contributed by atoms with Crippen LogP contribution in [0.15, 0.2) is 0 Å². The molecule has 0 aliphatic heterocycles. The van der Waals surface area contributed by atoms with E-state index < -0.39 is 0 Å². The summed E-state index contributed by atoms with van der Waals surface area (Å²) in [7, 11) is -0.161. The molecule has 0 aromatic heterocycles. The van der Waals surface area contributed by atoms with E-state index in [4.69, 9.17) is 4.12 Å². The molecule has 0 radical (unpaired) electrons. The van der Waals surface area contributed by atoms with E-state index in [1.54, 1.807) is 0 Å². The smallest absolute Gasteiger partial charge is 0.146 e. The molecule has 0 rings (SSSR count). The zero-order chi connectivity index (χ0) is 8.36. The highest BCUT2D eigenvalue weighted by atomic mass is 32.1. The maximum absolute atomic E-state index is 5.50. The van der Waals surface area contributed by atoms with Crippen molar-refractivity contribution in [2.75, 3.05) is 5.75 Å². The van der Waals surface area contributed by atoms with Gasteiger partial charge in [0.2, 0.25) is 0 Å². The molecule has 0 fully saturated rings. The van der Waals surface area contributed by atoms with Crippen LogP contribution in [0.3, 0.4) is 0 Å². The van der Waals surface area contributed by atoms with E-state index in [0.29, 0.717) is 0 Å². The monoisotopic (exact) mass is 208 g/mol. The first-order valence-electron chi connectivity index (χ1n) is 4.60. The number of unbranched alkanes of at least 4 members (excludes halogenated alkanes) is 3. The minimum absolute atomic E-state index is 0.0803. The fourth-order valence-corrected chi connectivity index (χ4v) is 3.74. The molecule has 0 aliphatic rings. The average Bonchev–Trinajstić information content (AvgIpc) is 2.03. The molecule has 0 amide bonds. The van der Waals surface area contributed by atoms with Crippen LogP contribution >= 0.6 is 12.6 Å². The van der Waals surface area contributed by atoms with Gasteiger partial charge >= 0.3 is 0 Å². The van der Waals surface area contributed by atoms with Crippen LogP contribution in [0.4, 0.5) is 0 Å². The zero-order valence-corrected chi connectivity index (χ0v) is 11.2. The van der Waals surface area contributed by atoms with E-state index in [1.807, 2.05) is 0 Å². The van der Waals surface area contributed by atoms with Crippen molar-refractivity contribution < 1.29 is 4.12 Å². The zero-order valence-electron chi connectivity index (χ0n) is 7.51. The van der Waals surface area contributed by atoms with Gasteiger partial charge in [0.05, 0.1) is 0 Å². The molecule has 0 aromatic carbocycles. The van der Waals surface area contributed by atoms with Crippen LogP contribution in [0.25, 0.3) is 0 Å². The Morgan fingerprint density at radius 2 is 1.91 bits per heavy atom. The Morgan fingerprint density at radius 3 is 2.55 bits per heavy atom. The van der Waals surface area contributed by atoms with Crippen molar-refractivity contribution in [1.82, 2.24) is 0 Å². The van der Waals surface area contributed by atoms with Gasteiger partial charge in [-0.15, -0.1) is 0 Å². The number of thiol groups is 1. The second-order valence-corrected chi connectivity index (χ2v) is 6.46. The van der Waals surface area contributed by atoms with Gasteiger partial charge in [0.15, 0.2) is 0 Å². The highest BCUT2D eigenvalue weighted by molar-refractivity contribution is 7.80. The second-order valence-electron chi connectivity index (χ2n) is 2.69. The molecule has 0 aliphatic carbocycles. The lowest BCUT2D eigenvalue weighted by molar-refractivity contribution is 0.625. The molecule has 11 heavy (non-hydrogen) atoms. The topological polar surface area (TPSA) is 9.23 Å². The van der Waals surface area contributed by atoms with Gasteiger partial charge in [0.1, 0.15) is 19.5 Å². The fourth-order valence-electron chi connectivity index (χ4n) is 0.991. The van der Waals surface area contributed by atoms with Crippen LogP contribution in [0, 0.1) is 0 Å². The largest absolute Gasteiger partial charge is 0.465 e. The van der Waals surface area contributed by atoms with E-state index in [0.717, 1.165) is 5.75 Å². The summed E-state index contributed by atoms with van der Waals surface area (Å²) in [5.41, 5.74) is 0. The molecule has 0 atom stereocenters. The summed E-state index contributed by atoms with van der Waals surface area (Å²) in [6.45, 7) is 2.22. The van der Waals surface area contributed by atoms with Gasteiger partial charge in [-0.25, -0.2) is 0 Å². The minimum Gasteiger partial charge on any atom is -0.465 e. The second kappa shape index (κ2) is 10.7. The quantitative estimate of drug-likeness (QED) is 0.357. The third kappa shape index (κ3) is 10.7. The maximum Gasteiger partial charge on any atom is 0.146 e. The molecule has 0 saturated carbocycles. The normalized spacial score (nSPS) is 12.5. The van der Waals surface area contributed by atoms with E-state index in [-0.39, 0.29) is 19.5 Å². The van der Waals surface area contributed by atoms with Crippen molar-refractivity contribution in [2.45, 2.75) is 38.3 Å². The summed E-state index contributed by atoms with van der Waals surface area (Å²) >= 11 is 4.17. The highest BCUT2D eigenvalue weighted by Crippen LogP contribution is 2.03. The lowest BCUT2D eigenvalue weighted by atomic mass is 10.2. The molecule has 0 heterocycles. The first kappa shape index (κ1) is 11.7. The first-order chi connectivity index (χ1) is 5.41. The molecule has 0 N–H and O–H groups in total. The summed E-state index contributed by atoms with van der Waals surface area (Å²) in [6.07, 6.45) is 5.44. The van der Waals surface area contributed by atoms with Gasteiger partial charge in [0, 0.05) is 0 Å². The minimum atomic E-state index is -0.0804. The predicted molar refractivity (Wildman–Crippen MR) is 61.2 cm³/mol. The van der Waals surface area contributed by atoms with Crippen molar-refractivity contribution in [3.8, 4) is 0 Å². The fraction of sp³-hybridized carbons (Fsp3) is 1.00. The van der Waals surface area contributed by atoms with Gasteiger partial charge < -0.3 is 4.12 Å². The Morgan fingerprint density at radius 1 is 1.18 bits per heavy atom. The van der Waals surface area contributed by atoms with Gasteiger partial charge in [0.25, 0.3) is 0 Å². The van der Waals surface area contributed by atoms with E-state index in [1.165, 1.54) is 31.7 Å². The molecule has 4 heteroatoms. The third-order valence-corrected chi connectivity index (χ3v) is 5.54. The summed E-state index contributed by atoms with van der Waals surface area (Å²) in [6, 6.07) is 1.40. The summed E-state index contributed by atoms with van der Waals surface area (Å²) in [4.78, 5) is 0. The SMILES string of the molecule is C[SiH2]O[SiH2]CCCCCCS. The molecule has 68 valence electrons. The predicted octanol–water partition coefficient (Wildman–Crippen LogP) is 1.13. The van der Waals surface area contributed by atoms with Gasteiger partial charge in [-0.3, -0.25) is 0 Å².